The van der Waals surface area contributed by atoms with Crippen molar-refractivity contribution in [3.05, 3.63) is 51.9 Å². The lowest BCUT2D eigenvalue weighted by atomic mass is 10.1. The zero-order valence-corrected chi connectivity index (χ0v) is 18.7. The van der Waals surface area contributed by atoms with Gasteiger partial charge in [0.05, 0.1) is 5.52 Å². The van der Waals surface area contributed by atoms with E-state index >= 15 is 0 Å². The first-order valence-corrected chi connectivity index (χ1v) is 10.9. The minimum Gasteiger partial charge on any atom is -0.504 e. The standard InChI is InChI=1S/C25H35NO4/c1-5-6-7-8-15-26-22-17-20(12-13-21(22)23(27)24(28)25(26)29)30-16-14-19(4)11-9-10-18(2)3/h10,12-14,17,27-28H,5-9,11,15-16H2,1-4H3/b19-14+. The summed E-state index contributed by atoms with van der Waals surface area (Å²) >= 11 is 0. The van der Waals surface area contributed by atoms with Gasteiger partial charge in [0, 0.05) is 18.0 Å². The second kappa shape index (κ2) is 11.5. The van der Waals surface area contributed by atoms with Gasteiger partial charge in [-0.25, -0.2) is 0 Å². The Morgan fingerprint density at radius 2 is 1.83 bits per heavy atom. The van der Waals surface area contributed by atoms with Gasteiger partial charge in [-0.15, -0.1) is 0 Å². The molecule has 2 rings (SSSR count). The van der Waals surface area contributed by atoms with E-state index in [4.69, 9.17) is 4.74 Å². The molecule has 164 valence electrons. The quantitative estimate of drug-likeness (QED) is 0.347. The second-order valence-electron chi connectivity index (χ2n) is 8.08. The molecule has 1 aromatic carbocycles. The first kappa shape index (κ1) is 23.6. The summed E-state index contributed by atoms with van der Waals surface area (Å²) in [5.41, 5.74) is 2.60. The van der Waals surface area contributed by atoms with Crippen LogP contribution in [0.1, 0.15) is 66.2 Å². The van der Waals surface area contributed by atoms with Crippen molar-refractivity contribution in [2.24, 2.45) is 0 Å². The highest BCUT2D eigenvalue weighted by molar-refractivity contribution is 5.88. The summed E-state index contributed by atoms with van der Waals surface area (Å²) in [5, 5.41) is 20.7. The third-order valence-electron chi connectivity index (χ3n) is 5.20. The predicted molar refractivity (Wildman–Crippen MR) is 124 cm³/mol. The van der Waals surface area contributed by atoms with E-state index in [0.29, 0.717) is 29.8 Å². The van der Waals surface area contributed by atoms with Crippen LogP contribution in [0, 0.1) is 0 Å². The van der Waals surface area contributed by atoms with Crippen LogP contribution in [0.2, 0.25) is 0 Å². The van der Waals surface area contributed by atoms with Crippen LogP contribution in [0.15, 0.2) is 46.3 Å². The molecule has 0 saturated carbocycles. The SMILES string of the molecule is CCCCCCn1c(=O)c(O)c(O)c2ccc(OC/C=C(\C)CCC=C(C)C)cc21. The largest absolute Gasteiger partial charge is 0.504 e. The normalized spacial score (nSPS) is 11.7. The minimum atomic E-state index is -0.596. The topological polar surface area (TPSA) is 71.7 Å². The molecule has 0 aliphatic rings. The molecule has 0 aliphatic carbocycles. The molecule has 0 radical (unpaired) electrons. The molecule has 0 unspecified atom stereocenters. The van der Waals surface area contributed by atoms with Gasteiger partial charge < -0.3 is 19.5 Å². The molecule has 0 aliphatic heterocycles. The van der Waals surface area contributed by atoms with Crippen molar-refractivity contribution >= 4 is 10.9 Å². The Kier molecular flexibility index (Phi) is 9.03. The molecule has 5 heteroatoms. The maximum Gasteiger partial charge on any atom is 0.297 e. The number of hydrogen-bond donors (Lipinski definition) is 2. The molecule has 0 saturated heterocycles. The van der Waals surface area contributed by atoms with Crippen molar-refractivity contribution in [1.82, 2.24) is 4.57 Å². The van der Waals surface area contributed by atoms with Gasteiger partial charge in [0.1, 0.15) is 12.4 Å². The van der Waals surface area contributed by atoms with Gasteiger partial charge in [0.25, 0.3) is 5.56 Å². The van der Waals surface area contributed by atoms with E-state index in [-0.39, 0.29) is 5.75 Å². The van der Waals surface area contributed by atoms with Crippen LogP contribution < -0.4 is 10.3 Å². The molecular weight excluding hydrogens is 378 g/mol. The first-order valence-electron chi connectivity index (χ1n) is 10.9. The van der Waals surface area contributed by atoms with Gasteiger partial charge in [-0.3, -0.25) is 4.79 Å². The highest BCUT2D eigenvalue weighted by Crippen LogP contribution is 2.32. The number of hydrogen-bond acceptors (Lipinski definition) is 4. The number of aryl methyl sites for hydroxylation is 1. The number of fused-ring (bicyclic) bond motifs is 1. The molecule has 5 nitrogen and oxygen atoms in total. The van der Waals surface area contributed by atoms with Gasteiger partial charge >= 0.3 is 0 Å². The number of aromatic hydroxyl groups is 2. The zero-order chi connectivity index (χ0) is 22.1. The lowest BCUT2D eigenvalue weighted by Crippen LogP contribution is -2.20. The predicted octanol–water partition coefficient (Wildman–Crippen LogP) is 6.06. The number of rotatable bonds is 11. The summed E-state index contributed by atoms with van der Waals surface area (Å²) < 4.78 is 7.40. The average molecular weight is 414 g/mol. The summed E-state index contributed by atoms with van der Waals surface area (Å²) in [6, 6.07) is 5.20. The van der Waals surface area contributed by atoms with Crippen LogP contribution in [0.4, 0.5) is 0 Å². The van der Waals surface area contributed by atoms with Gasteiger partial charge in [-0.2, -0.15) is 0 Å². The Morgan fingerprint density at radius 1 is 1.07 bits per heavy atom. The number of allylic oxidation sites excluding steroid dienone is 3. The maximum absolute atomic E-state index is 12.5. The van der Waals surface area contributed by atoms with Crippen molar-refractivity contribution in [1.29, 1.82) is 0 Å². The molecule has 30 heavy (non-hydrogen) atoms. The fraction of sp³-hybridized carbons (Fsp3) is 0.480. The molecule has 0 bridgehead atoms. The van der Waals surface area contributed by atoms with Gasteiger partial charge in [-0.1, -0.05) is 43.4 Å². The third-order valence-corrected chi connectivity index (χ3v) is 5.20. The van der Waals surface area contributed by atoms with Gasteiger partial charge in [-0.05, 0) is 58.2 Å². The molecule has 2 aromatic rings. The lowest BCUT2D eigenvalue weighted by Gasteiger charge is -2.14. The van der Waals surface area contributed by atoms with Crippen molar-refractivity contribution in [2.45, 2.75) is 72.8 Å². The van der Waals surface area contributed by atoms with Gasteiger partial charge in [0.15, 0.2) is 5.75 Å². The summed E-state index contributed by atoms with van der Waals surface area (Å²) in [4.78, 5) is 12.5. The monoisotopic (exact) mass is 413 g/mol. The summed E-state index contributed by atoms with van der Waals surface area (Å²) in [5.74, 6) is -0.342. The minimum absolute atomic E-state index is 0.374. The fourth-order valence-electron chi connectivity index (χ4n) is 3.38. The number of ether oxygens (including phenoxy) is 1. The fourth-order valence-corrected chi connectivity index (χ4v) is 3.38. The van der Waals surface area contributed by atoms with E-state index in [9.17, 15) is 15.0 Å². The van der Waals surface area contributed by atoms with Crippen LogP contribution in [-0.4, -0.2) is 21.4 Å². The molecule has 0 atom stereocenters. The maximum atomic E-state index is 12.5. The zero-order valence-electron chi connectivity index (χ0n) is 18.7. The highest BCUT2D eigenvalue weighted by Gasteiger charge is 2.16. The second-order valence-corrected chi connectivity index (χ2v) is 8.08. The molecule has 0 amide bonds. The van der Waals surface area contributed by atoms with E-state index in [1.54, 1.807) is 18.2 Å². The Bertz CT molecular complexity index is 965. The lowest BCUT2D eigenvalue weighted by molar-refractivity contribution is 0.361. The van der Waals surface area contributed by atoms with E-state index in [2.05, 4.69) is 39.8 Å². The Hall–Kier alpha value is -2.69. The Balaban J connectivity index is 2.19. The van der Waals surface area contributed by atoms with E-state index in [1.165, 1.54) is 15.7 Å². The van der Waals surface area contributed by atoms with Crippen molar-refractivity contribution in [3.8, 4) is 17.2 Å². The summed E-state index contributed by atoms with van der Waals surface area (Å²) in [7, 11) is 0. The molecule has 0 fully saturated rings. The van der Waals surface area contributed by atoms with Gasteiger partial charge in [0.2, 0.25) is 5.75 Å². The van der Waals surface area contributed by atoms with E-state index in [0.717, 1.165) is 38.5 Å². The van der Waals surface area contributed by atoms with Crippen LogP contribution in [0.5, 0.6) is 17.2 Å². The van der Waals surface area contributed by atoms with Crippen LogP contribution in [-0.2, 0) is 6.54 Å². The number of nitrogens with zero attached hydrogens (tertiary/aromatic N) is 1. The molecule has 0 spiro atoms. The molecule has 1 aromatic heterocycles. The van der Waals surface area contributed by atoms with Crippen LogP contribution in [0.25, 0.3) is 10.9 Å². The van der Waals surface area contributed by atoms with Crippen LogP contribution >= 0.6 is 0 Å². The summed E-state index contributed by atoms with van der Waals surface area (Å²) in [6.07, 6.45) is 10.4. The average Bonchev–Trinajstić information content (AvgIpc) is 2.71. The van der Waals surface area contributed by atoms with E-state index in [1.807, 2.05) is 0 Å². The first-order chi connectivity index (χ1) is 14.3. The Labute approximate surface area is 179 Å². The number of unbranched alkanes of at least 4 members (excludes halogenated alkanes) is 3. The molecule has 2 N–H and O–H groups in total. The highest BCUT2D eigenvalue weighted by atomic mass is 16.5. The third kappa shape index (κ3) is 6.41. The van der Waals surface area contributed by atoms with Crippen LogP contribution in [0.3, 0.4) is 0 Å². The smallest absolute Gasteiger partial charge is 0.297 e. The van der Waals surface area contributed by atoms with Crippen molar-refractivity contribution in [3.63, 3.8) is 0 Å². The Morgan fingerprint density at radius 3 is 2.53 bits per heavy atom. The van der Waals surface area contributed by atoms with Crippen molar-refractivity contribution in [2.75, 3.05) is 6.61 Å². The number of benzene rings is 1. The van der Waals surface area contributed by atoms with Crippen molar-refractivity contribution < 1.29 is 14.9 Å². The molecule has 1 heterocycles. The number of pyridine rings is 1. The number of aromatic nitrogens is 1. The summed E-state index contributed by atoms with van der Waals surface area (Å²) in [6.45, 7) is 9.37. The van der Waals surface area contributed by atoms with E-state index < -0.39 is 11.3 Å². The molecular formula is C25H35NO4.